The van der Waals surface area contributed by atoms with Crippen LogP contribution in [0.1, 0.15) is 13.8 Å². The molecule has 0 saturated heterocycles. The van der Waals surface area contributed by atoms with Crippen LogP contribution in [0.4, 0.5) is 0 Å². The summed E-state index contributed by atoms with van der Waals surface area (Å²) in [7, 11) is 0. The molecule has 1 heterocycles. The molecule has 0 aromatic carbocycles. The third-order valence-electron chi connectivity index (χ3n) is 2.50. The molecule has 1 aliphatic heterocycles. The molecular weight excluding hydrogens is 252 g/mol. The number of hydrogen-bond acceptors (Lipinski definition) is 10. The predicted octanol–water partition coefficient (Wildman–Crippen LogP) is -4.43. The van der Waals surface area contributed by atoms with Crippen LogP contribution in [0, 0.1) is 0 Å². The van der Waals surface area contributed by atoms with E-state index in [2.05, 4.69) is 26.3 Å². The third kappa shape index (κ3) is 4.54. The summed E-state index contributed by atoms with van der Waals surface area (Å²) in [6.07, 6.45) is 0. The van der Waals surface area contributed by atoms with Gasteiger partial charge in [-0.3, -0.25) is 22.1 Å². The molecule has 0 aromatic heterocycles. The van der Waals surface area contributed by atoms with Crippen LogP contribution in [-0.4, -0.2) is 53.3 Å². The summed E-state index contributed by atoms with van der Waals surface area (Å²) in [4.78, 5) is 3.98. The minimum absolute atomic E-state index is 0.0269. The van der Waals surface area contributed by atoms with Gasteiger partial charge in [-0.15, -0.1) is 0 Å². The minimum Gasteiger partial charge on any atom is -0.395 e. The van der Waals surface area contributed by atoms with Crippen LogP contribution >= 0.6 is 0 Å². The number of aliphatic hydroxyl groups excluding tert-OH is 2. The fourth-order valence-corrected chi connectivity index (χ4v) is 1.78. The van der Waals surface area contributed by atoms with Crippen molar-refractivity contribution < 1.29 is 10.2 Å². The maximum Gasteiger partial charge on any atom is 0.228 e. The first kappa shape index (κ1) is 16.0. The van der Waals surface area contributed by atoms with E-state index in [1.807, 2.05) is 0 Å². The van der Waals surface area contributed by atoms with Gasteiger partial charge in [0.25, 0.3) is 0 Å². The van der Waals surface area contributed by atoms with Gasteiger partial charge in [-0.2, -0.15) is 0 Å². The van der Waals surface area contributed by atoms with Crippen LogP contribution in [0.5, 0.6) is 0 Å². The summed E-state index contributed by atoms with van der Waals surface area (Å²) in [5.41, 5.74) is 17.7. The first-order valence-corrected chi connectivity index (χ1v) is 5.99. The Hall–Kier alpha value is -1.01. The molecule has 1 rings (SSSR count). The van der Waals surface area contributed by atoms with E-state index in [0.29, 0.717) is 0 Å². The van der Waals surface area contributed by atoms with Gasteiger partial charge in [0.2, 0.25) is 11.8 Å². The summed E-state index contributed by atoms with van der Waals surface area (Å²) in [5, 5.41) is 29.3. The lowest BCUT2D eigenvalue weighted by molar-refractivity contribution is 0.0812. The van der Waals surface area contributed by atoms with Gasteiger partial charge in [0.1, 0.15) is 0 Å². The lowest BCUT2D eigenvalue weighted by Gasteiger charge is -2.45. The van der Waals surface area contributed by atoms with Crippen molar-refractivity contribution in [1.82, 2.24) is 21.3 Å². The molecule has 19 heavy (non-hydrogen) atoms. The maximum absolute atomic E-state index is 9.04. The topological polar surface area (TPSA) is 179 Å². The molecule has 0 aromatic rings. The highest BCUT2D eigenvalue weighted by molar-refractivity contribution is 5.79. The van der Waals surface area contributed by atoms with Crippen LogP contribution in [0.25, 0.3) is 0 Å². The monoisotopic (exact) mass is 276 g/mol. The number of aliphatic hydroxyl groups is 2. The Morgan fingerprint density at radius 2 is 1.74 bits per heavy atom. The summed E-state index contributed by atoms with van der Waals surface area (Å²) < 4.78 is 0. The van der Waals surface area contributed by atoms with E-state index in [4.69, 9.17) is 27.4 Å². The van der Waals surface area contributed by atoms with Crippen molar-refractivity contribution in [1.29, 1.82) is 0 Å². The molecule has 0 aliphatic carbocycles. The van der Waals surface area contributed by atoms with E-state index in [9.17, 15) is 0 Å². The quantitative estimate of drug-likeness (QED) is 0.216. The third-order valence-corrected chi connectivity index (χ3v) is 2.50. The molecule has 0 amide bonds. The average Bonchev–Trinajstić information content (AvgIpc) is 2.25. The van der Waals surface area contributed by atoms with Crippen molar-refractivity contribution in [3.63, 3.8) is 0 Å². The molecule has 4 atom stereocenters. The number of rotatable bonds is 6. The van der Waals surface area contributed by atoms with E-state index >= 15 is 0 Å². The van der Waals surface area contributed by atoms with Gasteiger partial charge in [0.15, 0.2) is 5.96 Å². The molecule has 0 spiro atoms. The zero-order chi connectivity index (χ0) is 14.7. The molecule has 1 aliphatic rings. The van der Waals surface area contributed by atoms with Crippen LogP contribution in [0.3, 0.4) is 0 Å². The maximum atomic E-state index is 9.04. The number of aliphatic imine (C=N–C) groups is 1. The Morgan fingerprint density at radius 3 is 2.26 bits per heavy atom. The van der Waals surface area contributed by atoms with Gasteiger partial charge in [-0.1, -0.05) is 0 Å². The fourth-order valence-electron chi connectivity index (χ4n) is 1.78. The number of nitrogens with one attached hydrogen (secondary N) is 4. The largest absolute Gasteiger partial charge is 0.395 e. The summed E-state index contributed by atoms with van der Waals surface area (Å²) in [6.45, 7) is 3.23. The van der Waals surface area contributed by atoms with Crippen molar-refractivity contribution in [3.8, 4) is 0 Å². The SMILES string of the molecule is CC(CO)NC1(N)N=C(N)NC(N)(NC(C)CO)N1. The lowest BCUT2D eigenvalue weighted by Crippen LogP contribution is -2.87. The number of guanidine groups is 1. The van der Waals surface area contributed by atoms with Crippen LogP contribution < -0.4 is 38.5 Å². The van der Waals surface area contributed by atoms with Gasteiger partial charge in [0, 0.05) is 12.1 Å². The highest BCUT2D eigenvalue weighted by Crippen LogP contribution is 2.05. The Kier molecular flexibility index (Phi) is 5.04. The van der Waals surface area contributed by atoms with Gasteiger partial charge in [0.05, 0.1) is 13.2 Å². The number of hydrogen-bond donors (Lipinski definition) is 9. The summed E-state index contributed by atoms with van der Waals surface area (Å²) in [6, 6.07) is -0.609. The van der Waals surface area contributed by atoms with E-state index in [0.717, 1.165) is 0 Å². The second-order valence-electron chi connectivity index (χ2n) is 4.78. The molecule has 112 valence electrons. The van der Waals surface area contributed by atoms with Crippen molar-refractivity contribution >= 4 is 5.96 Å². The molecule has 10 heteroatoms. The lowest BCUT2D eigenvalue weighted by atomic mass is 10.3. The molecule has 0 saturated carbocycles. The van der Waals surface area contributed by atoms with Crippen LogP contribution in [0.2, 0.25) is 0 Å². The standard InChI is InChI=1S/C9H24N8O2/c1-5(3-18)13-8(11)15-7(10)16-9(12,17-8)14-6(2)4-19/h5-6,13-14,17-19H,3-4,11-12H2,1-2H3,(H3,10,15,16). The van der Waals surface area contributed by atoms with Crippen molar-refractivity contribution in [2.24, 2.45) is 22.2 Å². The van der Waals surface area contributed by atoms with E-state index in [1.165, 1.54) is 0 Å². The first-order chi connectivity index (χ1) is 8.72. The van der Waals surface area contributed by atoms with E-state index in [1.54, 1.807) is 13.8 Å². The zero-order valence-corrected chi connectivity index (χ0v) is 11.1. The van der Waals surface area contributed by atoms with Gasteiger partial charge < -0.3 is 21.3 Å². The molecule has 0 fully saturated rings. The van der Waals surface area contributed by atoms with Gasteiger partial charge in [-0.05, 0) is 13.8 Å². The summed E-state index contributed by atoms with van der Waals surface area (Å²) >= 11 is 0. The number of nitrogens with zero attached hydrogens (tertiary/aromatic N) is 1. The first-order valence-electron chi connectivity index (χ1n) is 5.99. The van der Waals surface area contributed by atoms with Crippen molar-refractivity contribution in [3.05, 3.63) is 0 Å². The molecule has 10 nitrogen and oxygen atoms in total. The van der Waals surface area contributed by atoms with Crippen molar-refractivity contribution in [2.45, 2.75) is 37.8 Å². The molecule has 0 bridgehead atoms. The normalized spacial score (nSPS) is 34.3. The van der Waals surface area contributed by atoms with Crippen molar-refractivity contribution in [2.75, 3.05) is 13.2 Å². The highest BCUT2D eigenvalue weighted by atomic mass is 16.3. The minimum atomic E-state index is -1.44. The van der Waals surface area contributed by atoms with Gasteiger partial charge in [-0.25, -0.2) is 10.3 Å². The second-order valence-corrected chi connectivity index (χ2v) is 4.78. The Bertz CT molecular complexity index is 340. The van der Waals surface area contributed by atoms with E-state index < -0.39 is 11.8 Å². The van der Waals surface area contributed by atoms with Crippen LogP contribution in [-0.2, 0) is 0 Å². The fraction of sp³-hybridized carbons (Fsp3) is 0.889. The zero-order valence-electron chi connectivity index (χ0n) is 11.1. The Balaban J connectivity index is 2.83. The highest BCUT2D eigenvalue weighted by Gasteiger charge is 2.41. The average molecular weight is 276 g/mol. The smallest absolute Gasteiger partial charge is 0.228 e. The molecule has 4 unspecified atom stereocenters. The summed E-state index contributed by atoms with van der Waals surface area (Å²) in [5.74, 6) is -2.75. The number of nitrogens with two attached hydrogens (primary N) is 3. The second kappa shape index (κ2) is 5.96. The van der Waals surface area contributed by atoms with Gasteiger partial charge >= 0.3 is 0 Å². The Morgan fingerprint density at radius 1 is 1.21 bits per heavy atom. The molecule has 12 N–H and O–H groups in total. The molecular formula is C9H24N8O2. The van der Waals surface area contributed by atoms with Crippen LogP contribution in [0.15, 0.2) is 4.99 Å². The predicted molar refractivity (Wildman–Crippen MR) is 71.1 cm³/mol. The Labute approximate surface area is 111 Å². The molecule has 0 radical (unpaired) electrons. The van der Waals surface area contributed by atoms with E-state index in [-0.39, 0.29) is 31.3 Å².